The predicted molar refractivity (Wildman–Crippen MR) is 91.7 cm³/mol. The van der Waals surface area contributed by atoms with E-state index >= 15 is 0 Å². The quantitative estimate of drug-likeness (QED) is 0.672. The van der Waals surface area contributed by atoms with Crippen molar-refractivity contribution in [3.63, 3.8) is 0 Å². The maximum absolute atomic E-state index is 6.04. The van der Waals surface area contributed by atoms with Gasteiger partial charge in [-0.2, -0.15) is 0 Å². The first-order valence-corrected chi connectivity index (χ1v) is 8.87. The highest BCUT2D eigenvalue weighted by molar-refractivity contribution is 5.46. The molecule has 0 heterocycles. The molecule has 0 amide bonds. The zero-order valence-electron chi connectivity index (χ0n) is 14.2. The fraction of sp³-hybridized carbons (Fsp3) is 0.684. The van der Waals surface area contributed by atoms with Gasteiger partial charge in [0.05, 0.1) is 13.7 Å². The standard InChI is InChI=1S/C19H31NO2/c1-3-4-8-14-22-19-16(10-9-13-18(19)21-2)15-20-17-11-6-5-7-12-17/h9-10,13,17,20H,3-8,11-12,14-15H2,1-2H3. The van der Waals surface area contributed by atoms with E-state index < -0.39 is 0 Å². The third-order valence-corrected chi connectivity index (χ3v) is 4.46. The lowest BCUT2D eigenvalue weighted by molar-refractivity contribution is 0.281. The molecule has 1 aliphatic carbocycles. The van der Waals surface area contributed by atoms with Crippen LogP contribution in [0.15, 0.2) is 18.2 Å². The Balaban J connectivity index is 1.95. The van der Waals surface area contributed by atoms with E-state index in [-0.39, 0.29) is 0 Å². The van der Waals surface area contributed by atoms with Crippen LogP contribution in [-0.2, 0) is 6.54 Å². The van der Waals surface area contributed by atoms with E-state index in [0.29, 0.717) is 6.04 Å². The molecule has 0 saturated heterocycles. The fourth-order valence-electron chi connectivity index (χ4n) is 3.11. The van der Waals surface area contributed by atoms with Crippen LogP contribution in [-0.4, -0.2) is 19.8 Å². The average molecular weight is 305 g/mol. The van der Waals surface area contributed by atoms with Gasteiger partial charge < -0.3 is 14.8 Å². The minimum atomic E-state index is 0.660. The van der Waals surface area contributed by atoms with Gasteiger partial charge in [-0.15, -0.1) is 0 Å². The molecule has 3 nitrogen and oxygen atoms in total. The highest BCUT2D eigenvalue weighted by Crippen LogP contribution is 2.31. The summed E-state index contributed by atoms with van der Waals surface area (Å²) >= 11 is 0. The number of rotatable bonds is 9. The molecule has 3 heteroatoms. The van der Waals surface area contributed by atoms with Crippen LogP contribution >= 0.6 is 0 Å². The average Bonchev–Trinajstić information content (AvgIpc) is 2.58. The van der Waals surface area contributed by atoms with E-state index in [1.165, 1.54) is 50.5 Å². The topological polar surface area (TPSA) is 30.5 Å². The summed E-state index contributed by atoms with van der Waals surface area (Å²) in [5, 5.41) is 3.70. The maximum Gasteiger partial charge on any atom is 0.165 e. The molecule has 1 aromatic rings. The van der Waals surface area contributed by atoms with E-state index in [2.05, 4.69) is 24.4 Å². The van der Waals surface area contributed by atoms with Crippen molar-refractivity contribution in [2.24, 2.45) is 0 Å². The van der Waals surface area contributed by atoms with Gasteiger partial charge in [0.25, 0.3) is 0 Å². The first-order valence-electron chi connectivity index (χ1n) is 8.87. The molecular formula is C19H31NO2. The zero-order valence-corrected chi connectivity index (χ0v) is 14.2. The summed E-state index contributed by atoms with van der Waals surface area (Å²) < 4.78 is 11.5. The van der Waals surface area contributed by atoms with Crippen LogP contribution in [0, 0.1) is 0 Å². The van der Waals surface area contributed by atoms with Crippen LogP contribution < -0.4 is 14.8 Å². The SMILES string of the molecule is CCCCCOc1c(CNC2CCCCC2)cccc1OC. The van der Waals surface area contributed by atoms with E-state index in [1.54, 1.807) is 7.11 Å². The molecule has 1 fully saturated rings. The number of unbranched alkanes of at least 4 members (excludes halogenated alkanes) is 2. The summed E-state index contributed by atoms with van der Waals surface area (Å²) in [6.07, 6.45) is 10.2. The Morgan fingerprint density at radius 1 is 1.14 bits per heavy atom. The van der Waals surface area contributed by atoms with Gasteiger partial charge in [0, 0.05) is 18.2 Å². The van der Waals surface area contributed by atoms with Gasteiger partial charge in [-0.1, -0.05) is 51.2 Å². The lowest BCUT2D eigenvalue weighted by Gasteiger charge is -2.23. The number of methoxy groups -OCH3 is 1. The Labute approximate surface area is 135 Å². The molecule has 1 saturated carbocycles. The molecule has 0 spiro atoms. The van der Waals surface area contributed by atoms with Crippen LogP contribution in [0.5, 0.6) is 11.5 Å². The van der Waals surface area contributed by atoms with Gasteiger partial charge >= 0.3 is 0 Å². The predicted octanol–water partition coefficient (Wildman–Crippen LogP) is 4.69. The van der Waals surface area contributed by atoms with Crippen molar-refractivity contribution in [1.82, 2.24) is 5.32 Å². The molecule has 124 valence electrons. The van der Waals surface area contributed by atoms with Crippen LogP contribution in [0.4, 0.5) is 0 Å². The van der Waals surface area contributed by atoms with Gasteiger partial charge in [0.1, 0.15) is 0 Å². The molecule has 1 aliphatic rings. The van der Waals surface area contributed by atoms with Crippen LogP contribution in [0.25, 0.3) is 0 Å². The van der Waals surface area contributed by atoms with Crippen molar-refractivity contribution in [2.45, 2.75) is 70.9 Å². The Morgan fingerprint density at radius 3 is 2.68 bits per heavy atom. The molecule has 0 bridgehead atoms. The molecule has 1 N–H and O–H groups in total. The highest BCUT2D eigenvalue weighted by Gasteiger charge is 2.15. The van der Waals surface area contributed by atoms with E-state index in [9.17, 15) is 0 Å². The molecule has 0 radical (unpaired) electrons. The summed E-state index contributed by atoms with van der Waals surface area (Å²) in [5.74, 6) is 1.77. The van der Waals surface area contributed by atoms with Crippen LogP contribution in [0.3, 0.4) is 0 Å². The molecule has 0 unspecified atom stereocenters. The molecule has 22 heavy (non-hydrogen) atoms. The van der Waals surface area contributed by atoms with Gasteiger partial charge in [-0.3, -0.25) is 0 Å². The first kappa shape index (κ1) is 17.1. The zero-order chi connectivity index (χ0) is 15.6. The minimum Gasteiger partial charge on any atom is -0.493 e. The van der Waals surface area contributed by atoms with Crippen molar-refractivity contribution >= 4 is 0 Å². The van der Waals surface area contributed by atoms with Crippen LogP contribution in [0.2, 0.25) is 0 Å². The summed E-state index contributed by atoms with van der Waals surface area (Å²) in [6, 6.07) is 6.84. The third kappa shape index (κ3) is 5.20. The first-order chi connectivity index (χ1) is 10.8. The van der Waals surface area contributed by atoms with Gasteiger partial charge in [0.2, 0.25) is 0 Å². The minimum absolute atomic E-state index is 0.660. The Hall–Kier alpha value is -1.22. The van der Waals surface area contributed by atoms with Gasteiger partial charge in [-0.05, 0) is 25.3 Å². The largest absolute Gasteiger partial charge is 0.493 e. The number of nitrogens with one attached hydrogen (secondary N) is 1. The molecule has 0 atom stereocenters. The van der Waals surface area contributed by atoms with Crippen molar-refractivity contribution in [3.05, 3.63) is 23.8 Å². The molecule has 0 aliphatic heterocycles. The van der Waals surface area contributed by atoms with Gasteiger partial charge in [-0.25, -0.2) is 0 Å². The number of hydrogen-bond acceptors (Lipinski definition) is 3. The summed E-state index contributed by atoms with van der Waals surface area (Å²) in [7, 11) is 1.71. The summed E-state index contributed by atoms with van der Waals surface area (Å²) in [6.45, 7) is 3.85. The maximum atomic E-state index is 6.04. The second-order valence-electron chi connectivity index (χ2n) is 6.22. The lowest BCUT2D eigenvalue weighted by Crippen LogP contribution is -2.30. The molecular weight excluding hydrogens is 274 g/mol. The smallest absolute Gasteiger partial charge is 0.165 e. The summed E-state index contributed by atoms with van der Waals surface area (Å²) in [4.78, 5) is 0. The second kappa shape index (κ2) is 9.73. The Morgan fingerprint density at radius 2 is 1.95 bits per heavy atom. The molecule has 0 aromatic heterocycles. The Kier molecular flexibility index (Phi) is 7.58. The van der Waals surface area contributed by atoms with Crippen molar-refractivity contribution in [3.8, 4) is 11.5 Å². The Bertz CT molecular complexity index is 427. The van der Waals surface area contributed by atoms with Crippen molar-refractivity contribution in [2.75, 3.05) is 13.7 Å². The number of ether oxygens (including phenoxy) is 2. The number of benzene rings is 1. The fourth-order valence-corrected chi connectivity index (χ4v) is 3.11. The third-order valence-electron chi connectivity index (χ3n) is 4.46. The summed E-state index contributed by atoms with van der Waals surface area (Å²) in [5.41, 5.74) is 1.21. The molecule has 2 rings (SSSR count). The van der Waals surface area contributed by atoms with Crippen LogP contribution in [0.1, 0.15) is 63.9 Å². The van der Waals surface area contributed by atoms with Crippen molar-refractivity contribution in [1.29, 1.82) is 0 Å². The molecule has 1 aromatic carbocycles. The van der Waals surface area contributed by atoms with E-state index in [4.69, 9.17) is 9.47 Å². The monoisotopic (exact) mass is 305 g/mol. The van der Waals surface area contributed by atoms with E-state index in [0.717, 1.165) is 31.1 Å². The van der Waals surface area contributed by atoms with Crippen molar-refractivity contribution < 1.29 is 9.47 Å². The van der Waals surface area contributed by atoms with Gasteiger partial charge in [0.15, 0.2) is 11.5 Å². The highest BCUT2D eigenvalue weighted by atomic mass is 16.5. The number of para-hydroxylation sites is 1. The van der Waals surface area contributed by atoms with E-state index in [1.807, 2.05) is 6.07 Å². The lowest BCUT2D eigenvalue weighted by atomic mass is 9.95. The second-order valence-corrected chi connectivity index (χ2v) is 6.22. The number of hydrogen-bond donors (Lipinski definition) is 1. The normalized spacial score (nSPS) is 15.7.